The molecule has 1 aliphatic heterocycles. The lowest BCUT2D eigenvalue weighted by molar-refractivity contribution is -0.129. The van der Waals surface area contributed by atoms with Crippen LogP contribution in [0.3, 0.4) is 0 Å². The molecule has 2 amide bonds. The Kier molecular flexibility index (Phi) is 9.63. The number of nitrogen functional groups attached to an aromatic ring is 1. The highest BCUT2D eigenvalue weighted by molar-refractivity contribution is 6.38. The van der Waals surface area contributed by atoms with Crippen LogP contribution in [0.5, 0.6) is 5.75 Å². The van der Waals surface area contributed by atoms with Gasteiger partial charge in [-0.25, -0.2) is 0 Å². The minimum absolute atomic E-state index is 0.0682. The van der Waals surface area contributed by atoms with Crippen LogP contribution >= 0.6 is 23.2 Å². The number of alkyl halides is 1. The number of anilines is 2. The van der Waals surface area contributed by atoms with Crippen LogP contribution in [0, 0.1) is 0 Å². The van der Waals surface area contributed by atoms with E-state index in [1.165, 1.54) is 7.11 Å². The van der Waals surface area contributed by atoms with Gasteiger partial charge in [0.2, 0.25) is 5.91 Å². The summed E-state index contributed by atoms with van der Waals surface area (Å²) in [6.07, 6.45) is 0.916. The highest BCUT2D eigenvalue weighted by Gasteiger charge is 2.39. The number of nitrogens with zero attached hydrogens (tertiary/aromatic N) is 1. The Hall–Kier alpha value is -3.24. The number of nitrogens with one attached hydrogen (secondary N) is 2. The van der Waals surface area contributed by atoms with Gasteiger partial charge >= 0.3 is 0 Å². The zero-order valence-corrected chi connectivity index (χ0v) is 24.0. The third-order valence-electron chi connectivity index (χ3n) is 6.93. The molecule has 0 fully saturated rings. The van der Waals surface area contributed by atoms with Crippen molar-refractivity contribution in [1.29, 1.82) is 0 Å². The lowest BCUT2D eigenvalue weighted by Crippen LogP contribution is -2.52. The van der Waals surface area contributed by atoms with Crippen molar-refractivity contribution in [2.24, 2.45) is 0 Å². The molecule has 0 aromatic heterocycles. The first-order chi connectivity index (χ1) is 19.1. The van der Waals surface area contributed by atoms with Gasteiger partial charge in [-0.05, 0) is 48.8 Å². The van der Waals surface area contributed by atoms with Crippen molar-refractivity contribution in [3.63, 3.8) is 0 Å². The third-order valence-corrected chi connectivity index (χ3v) is 7.55. The van der Waals surface area contributed by atoms with Crippen molar-refractivity contribution in [3.8, 4) is 5.75 Å². The van der Waals surface area contributed by atoms with E-state index in [0.29, 0.717) is 31.8 Å². The van der Waals surface area contributed by atoms with Gasteiger partial charge in [0, 0.05) is 32.3 Å². The first-order valence-electron chi connectivity index (χ1n) is 13.0. The average Bonchev–Trinajstić information content (AvgIpc) is 2.93. The number of hydrogen-bond donors (Lipinski definition) is 4. The summed E-state index contributed by atoms with van der Waals surface area (Å²) in [5, 5.41) is 16.1. The summed E-state index contributed by atoms with van der Waals surface area (Å²) in [6, 6.07) is 14.1. The van der Waals surface area contributed by atoms with Gasteiger partial charge in [-0.1, -0.05) is 41.9 Å². The molecule has 4 rings (SSSR count). The smallest absolute Gasteiger partial charge is 0.250 e. The van der Waals surface area contributed by atoms with Crippen LogP contribution in [0.15, 0.2) is 65.2 Å². The molecule has 40 heavy (non-hydrogen) atoms. The van der Waals surface area contributed by atoms with Gasteiger partial charge in [-0.15, -0.1) is 11.6 Å². The molecule has 0 saturated heterocycles. The quantitative estimate of drug-likeness (QED) is 0.190. The van der Waals surface area contributed by atoms with Gasteiger partial charge in [0.15, 0.2) is 6.29 Å². The molecule has 9 nitrogen and oxygen atoms in total. The van der Waals surface area contributed by atoms with Gasteiger partial charge in [-0.3, -0.25) is 9.59 Å². The summed E-state index contributed by atoms with van der Waals surface area (Å²) in [5.74, 6) is -0.0877. The number of fused-ring (bicyclic) bond motifs is 1. The lowest BCUT2D eigenvalue weighted by atomic mass is 9.84. The van der Waals surface area contributed by atoms with E-state index < -0.39 is 23.1 Å². The second-order valence-corrected chi connectivity index (χ2v) is 11.2. The highest BCUT2D eigenvalue weighted by Crippen LogP contribution is 2.43. The molecule has 1 aliphatic carbocycles. The number of aliphatic hydroxyl groups is 1. The van der Waals surface area contributed by atoms with Crippen molar-refractivity contribution in [3.05, 3.63) is 70.8 Å². The predicted octanol–water partition coefficient (Wildman–Crippen LogP) is 3.40. The summed E-state index contributed by atoms with van der Waals surface area (Å²) in [5.41, 5.74) is 9.42. The molecule has 5 N–H and O–H groups in total. The molecule has 0 spiro atoms. The second kappa shape index (κ2) is 13.0. The Morgan fingerprint density at radius 1 is 1.25 bits per heavy atom. The number of nitrogens with two attached hydrogens (primary N) is 1. The molecule has 2 aromatic rings. The molecule has 1 heterocycles. The number of halogens is 2. The summed E-state index contributed by atoms with van der Waals surface area (Å²) >= 11 is 13.4. The fourth-order valence-electron chi connectivity index (χ4n) is 4.85. The van der Waals surface area contributed by atoms with Gasteiger partial charge in [0.25, 0.3) is 5.91 Å². The van der Waals surface area contributed by atoms with Crippen molar-refractivity contribution in [2.75, 3.05) is 44.0 Å². The van der Waals surface area contributed by atoms with E-state index in [1.807, 2.05) is 47.4 Å². The van der Waals surface area contributed by atoms with Crippen molar-refractivity contribution >= 4 is 52.0 Å². The Morgan fingerprint density at radius 3 is 2.70 bits per heavy atom. The molecule has 2 unspecified atom stereocenters. The monoisotopic (exact) mass is 588 g/mol. The van der Waals surface area contributed by atoms with Crippen LogP contribution in [-0.4, -0.2) is 67.5 Å². The van der Waals surface area contributed by atoms with E-state index in [2.05, 4.69) is 10.6 Å². The van der Waals surface area contributed by atoms with Crippen molar-refractivity contribution in [2.45, 2.75) is 37.0 Å². The number of methoxy groups -OCH3 is 1. The van der Waals surface area contributed by atoms with E-state index in [-0.39, 0.29) is 29.5 Å². The maximum atomic E-state index is 13.3. The average molecular weight is 590 g/mol. The molecule has 11 heteroatoms. The minimum Gasteiger partial charge on any atom is -0.490 e. The maximum Gasteiger partial charge on any atom is 0.250 e. The van der Waals surface area contributed by atoms with Crippen molar-refractivity contribution in [1.82, 2.24) is 10.6 Å². The van der Waals surface area contributed by atoms with E-state index in [1.54, 1.807) is 19.1 Å². The Bertz CT molecular complexity index is 1300. The SMILES string of the molecule is COC(O)[C@H](CNC(=O)CCN1CCOc2ccc(N)cc21)NC(=O)C1=C(Cl)C=C(c2ccccc2)CC1(C)Cl. The number of aliphatic hydroxyl groups excluding tert-OH is 1. The highest BCUT2D eigenvalue weighted by atomic mass is 35.5. The first-order valence-corrected chi connectivity index (χ1v) is 13.8. The van der Waals surface area contributed by atoms with E-state index in [4.69, 9.17) is 38.4 Å². The molecule has 214 valence electrons. The van der Waals surface area contributed by atoms with Crippen molar-refractivity contribution < 1.29 is 24.2 Å². The fraction of sp³-hybridized carbons (Fsp3) is 0.379. The van der Waals surface area contributed by atoms with E-state index in [0.717, 1.165) is 22.6 Å². The molecule has 2 aromatic carbocycles. The van der Waals surface area contributed by atoms with Gasteiger partial charge < -0.3 is 35.8 Å². The topological polar surface area (TPSA) is 126 Å². The standard InChI is InChI=1S/C29H34Cl2N4O5/c1-29(31)16-19(18-6-4-3-5-7-18)14-21(30)26(29)27(37)34-22(28(38)39-2)17-33-25(36)10-11-35-12-13-40-24-9-8-20(32)15-23(24)35/h3-9,14-15,22,28,38H,10-13,16-17,32H2,1-2H3,(H,33,36)(H,34,37)/t22-,28?,29?/m0/s1. The number of carbonyl (C=O) groups excluding carboxylic acids is 2. The van der Waals surface area contributed by atoms with Crippen LogP contribution in [0.2, 0.25) is 0 Å². The fourth-order valence-corrected chi connectivity index (χ4v) is 5.66. The molecule has 0 saturated carbocycles. The second-order valence-electron chi connectivity index (χ2n) is 9.96. The lowest BCUT2D eigenvalue weighted by Gasteiger charge is -2.32. The Morgan fingerprint density at radius 2 is 2.00 bits per heavy atom. The van der Waals surface area contributed by atoms with Gasteiger partial charge in [0.1, 0.15) is 12.4 Å². The molecule has 0 radical (unpaired) electrons. The molecular formula is C29H34Cl2N4O5. The van der Waals surface area contributed by atoms with E-state index in [9.17, 15) is 14.7 Å². The Balaban J connectivity index is 1.39. The maximum absolute atomic E-state index is 13.3. The molecule has 3 atom stereocenters. The van der Waals surface area contributed by atoms with E-state index >= 15 is 0 Å². The molecular weight excluding hydrogens is 555 g/mol. The molecule has 2 aliphatic rings. The largest absolute Gasteiger partial charge is 0.490 e. The predicted molar refractivity (Wildman–Crippen MR) is 157 cm³/mol. The van der Waals surface area contributed by atoms with Crippen LogP contribution in [0.4, 0.5) is 11.4 Å². The summed E-state index contributed by atoms with van der Waals surface area (Å²) in [6.45, 7) is 3.23. The summed E-state index contributed by atoms with van der Waals surface area (Å²) in [7, 11) is 1.31. The number of allylic oxidation sites excluding steroid dienone is 3. The summed E-state index contributed by atoms with van der Waals surface area (Å²) in [4.78, 5) is 27.0. The number of amides is 2. The van der Waals surface area contributed by atoms with Crippen LogP contribution in [-0.2, 0) is 14.3 Å². The Labute approximate surface area is 243 Å². The van der Waals surface area contributed by atoms with Crippen LogP contribution in [0.1, 0.15) is 25.3 Å². The zero-order chi connectivity index (χ0) is 28.9. The normalized spacial score (nSPS) is 20.1. The zero-order valence-electron chi connectivity index (χ0n) is 22.5. The van der Waals surface area contributed by atoms with Gasteiger partial charge in [0.05, 0.1) is 33.8 Å². The number of ether oxygens (including phenoxy) is 2. The first kappa shape index (κ1) is 29.7. The number of rotatable bonds is 10. The van der Waals surface area contributed by atoms with Crippen LogP contribution in [0.25, 0.3) is 5.57 Å². The minimum atomic E-state index is -1.38. The number of hydrogen-bond acceptors (Lipinski definition) is 7. The van der Waals surface area contributed by atoms with Crippen LogP contribution < -0.4 is 26.0 Å². The van der Waals surface area contributed by atoms with Gasteiger partial charge in [-0.2, -0.15) is 0 Å². The molecule has 0 bridgehead atoms. The third kappa shape index (κ3) is 7.09. The summed E-state index contributed by atoms with van der Waals surface area (Å²) < 4.78 is 10.7. The number of carbonyl (C=O) groups is 2. The number of benzene rings is 2.